The van der Waals surface area contributed by atoms with Gasteiger partial charge in [0, 0.05) is 32.2 Å². The third-order valence-electron chi connectivity index (χ3n) is 13.2. The van der Waals surface area contributed by atoms with Gasteiger partial charge in [-0.2, -0.15) is 0 Å². The number of nitrogens with zero attached hydrogens (tertiary/aromatic N) is 1. The molecule has 0 radical (unpaired) electrons. The van der Waals surface area contributed by atoms with E-state index in [-0.39, 0.29) is 38.6 Å². The zero-order valence-corrected chi connectivity index (χ0v) is 39.6. The largest absolute Gasteiger partial charge is 0.394 e. The molecule has 4 heterocycles. The summed E-state index contributed by atoms with van der Waals surface area (Å²) < 4.78 is 23.0. The van der Waals surface area contributed by atoms with E-state index in [1.807, 2.05) is 0 Å². The Morgan fingerprint density at radius 2 is 1.08 bits per heavy atom. The van der Waals surface area contributed by atoms with E-state index in [9.17, 15) is 59.4 Å². The van der Waals surface area contributed by atoms with Crippen LogP contribution in [0.25, 0.3) is 0 Å². The fourth-order valence-corrected chi connectivity index (χ4v) is 9.22. The fourth-order valence-electron chi connectivity index (χ4n) is 9.22. The molecule has 0 saturated carbocycles. The number of carbonyl (C=O) groups is 6. The summed E-state index contributed by atoms with van der Waals surface area (Å²) in [6, 6.07) is 18.7. The van der Waals surface area contributed by atoms with Gasteiger partial charge in [0.1, 0.15) is 72.9 Å². The van der Waals surface area contributed by atoms with Crippen LogP contribution in [0.3, 0.4) is 0 Å². The van der Waals surface area contributed by atoms with Gasteiger partial charge in [0.05, 0.1) is 25.9 Å². The Morgan fingerprint density at radius 1 is 0.583 bits per heavy atom. The Bertz CT molecular complexity index is 2300. The van der Waals surface area contributed by atoms with Crippen molar-refractivity contribution < 1.29 is 78.4 Å². The molecule has 0 aromatic heterocycles. The smallest absolute Gasteiger partial charge is 0.246 e. The van der Waals surface area contributed by atoms with E-state index in [1.165, 1.54) is 11.8 Å². The molecule has 22 nitrogen and oxygen atoms in total. The predicted octanol–water partition coefficient (Wildman–Crippen LogP) is -3.17. The van der Waals surface area contributed by atoms with Crippen LogP contribution in [0, 0.1) is 0 Å². The topological polar surface area (TPSA) is 324 Å². The molecule has 0 spiro atoms. The van der Waals surface area contributed by atoms with E-state index in [1.54, 1.807) is 91.0 Å². The van der Waals surface area contributed by atoms with Gasteiger partial charge < -0.3 is 81.1 Å². The molecule has 7 rings (SSSR count). The molecule has 4 saturated heterocycles. The van der Waals surface area contributed by atoms with Crippen molar-refractivity contribution in [1.29, 1.82) is 0 Å². The van der Waals surface area contributed by atoms with Crippen molar-refractivity contribution in [3.63, 3.8) is 0 Å². The Morgan fingerprint density at radius 3 is 1.65 bits per heavy atom. The summed E-state index contributed by atoms with van der Waals surface area (Å²) in [5, 5.41) is 75.9. The number of hydrogen-bond acceptors (Lipinski definition) is 16. The molecule has 3 aromatic rings. The number of hydrogen-bond donors (Lipinski definition) is 11. The van der Waals surface area contributed by atoms with Gasteiger partial charge in [-0.3, -0.25) is 28.8 Å². The van der Waals surface area contributed by atoms with Crippen LogP contribution in [0.5, 0.6) is 0 Å². The van der Waals surface area contributed by atoms with Crippen LogP contribution in [-0.2, 0) is 67.0 Å². The molecule has 11 N–H and O–H groups in total. The summed E-state index contributed by atoms with van der Waals surface area (Å²) in [7, 11) is 0. The lowest BCUT2D eigenvalue weighted by Gasteiger charge is -2.44. The maximum absolute atomic E-state index is 14.7. The fraction of sp³-hybridized carbons (Fsp3) is 0.520. The summed E-state index contributed by atoms with van der Waals surface area (Å²) in [5.74, 6) is -4.45. The molecule has 4 aliphatic heterocycles. The lowest BCUT2D eigenvalue weighted by Crippen LogP contribution is -2.62. The first-order chi connectivity index (χ1) is 34.6. The Labute approximate surface area is 415 Å². The maximum atomic E-state index is 14.7. The highest BCUT2D eigenvalue weighted by atomic mass is 16.7. The van der Waals surface area contributed by atoms with E-state index in [2.05, 4.69) is 26.6 Å². The summed E-state index contributed by atoms with van der Waals surface area (Å²) in [6.45, 7) is -0.665. The minimum Gasteiger partial charge on any atom is -0.394 e. The molecule has 4 fully saturated rings. The highest BCUT2D eigenvalue weighted by molar-refractivity contribution is 5.98. The van der Waals surface area contributed by atoms with Gasteiger partial charge in [0.25, 0.3) is 0 Å². The van der Waals surface area contributed by atoms with Gasteiger partial charge >= 0.3 is 0 Å². The third-order valence-corrected chi connectivity index (χ3v) is 13.2. The van der Waals surface area contributed by atoms with Crippen molar-refractivity contribution in [2.45, 2.75) is 137 Å². The first-order valence-corrected chi connectivity index (χ1v) is 24.1. The molecule has 0 unspecified atom stereocenters. The highest BCUT2D eigenvalue weighted by Crippen LogP contribution is 2.29. The normalized spacial score (nSPS) is 33.3. The average molecular weight is 1010 g/mol. The van der Waals surface area contributed by atoms with Crippen LogP contribution in [0.15, 0.2) is 91.0 Å². The van der Waals surface area contributed by atoms with Crippen molar-refractivity contribution in [3.05, 3.63) is 108 Å². The number of rotatable bonds is 13. The Hall–Kier alpha value is -5.92. The van der Waals surface area contributed by atoms with Crippen molar-refractivity contribution in [2.24, 2.45) is 0 Å². The van der Waals surface area contributed by atoms with Gasteiger partial charge in [0.2, 0.25) is 35.4 Å². The Kier molecular flexibility index (Phi) is 18.8. The van der Waals surface area contributed by atoms with E-state index in [4.69, 9.17) is 18.9 Å². The number of carbonyl (C=O) groups excluding carboxylic acids is 6. The van der Waals surface area contributed by atoms with Gasteiger partial charge in [-0.1, -0.05) is 91.0 Å². The predicted molar refractivity (Wildman–Crippen MR) is 251 cm³/mol. The second-order valence-electron chi connectivity index (χ2n) is 18.5. The number of aliphatic hydroxyl groups excluding tert-OH is 6. The minimum atomic E-state index is -1.83. The van der Waals surface area contributed by atoms with Crippen LogP contribution < -0.4 is 26.6 Å². The zero-order chi connectivity index (χ0) is 51.5. The highest BCUT2D eigenvalue weighted by Gasteiger charge is 2.49. The molecular formula is C50H64N6O16. The van der Waals surface area contributed by atoms with Gasteiger partial charge in [-0.15, -0.1) is 0 Å². The van der Waals surface area contributed by atoms with Crippen LogP contribution >= 0.6 is 0 Å². The van der Waals surface area contributed by atoms with E-state index < -0.39 is 147 Å². The number of amides is 6. The Balaban J connectivity index is 1.17. The summed E-state index contributed by atoms with van der Waals surface area (Å²) >= 11 is 0. The molecule has 0 bridgehead atoms. The van der Waals surface area contributed by atoms with E-state index in [0.29, 0.717) is 23.1 Å². The summed E-state index contributed by atoms with van der Waals surface area (Å²) in [6.07, 6.45) is -13.7. The molecule has 72 heavy (non-hydrogen) atoms. The van der Waals surface area contributed by atoms with Crippen molar-refractivity contribution >= 4 is 35.4 Å². The minimum absolute atomic E-state index is 0.0122. The molecule has 22 heteroatoms. The molecular weight excluding hydrogens is 941 g/mol. The number of ether oxygens (including phenoxy) is 4. The molecule has 390 valence electrons. The maximum Gasteiger partial charge on any atom is 0.246 e. The van der Waals surface area contributed by atoms with Crippen LogP contribution in [0.1, 0.15) is 42.9 Å². The third kappa shape index (κ3) is 13.6. The first-order valence-electron chi connectivity index (χ1n) is 24.1. The number of nitrogens with one attached hydrogen (secondary N) is 5. The molecule has 3 aromatic carbocycles. The number of aliphatic hydroxyl groups is 6. The van der Waals surface area contributed by atoms with Crippen molar-refractivity contribution in [1.82, 2.24) is 31.5 Å². The van der Waals surface area contributed by atoms with E-state index in [0.717, 1.165) is 0 Å². The lowest BCUT2D eigenvalue weighted by atomic mass is 9.98. The zero-order valence-electron chi connectivity index (χ0n) is 39.6. The second-order valence-corrected chi connectivity index (χ2v) is 18.5. The lowest BCUT2D eigenvalue weighted by molar-refractivity contribution is -0.344. The summed E-state index contributed by atoms with van der Waals surface area (Å²) in [5.41, 5.74) is 2.01. The first kappa shape index (κ1) is 53.9. The van der Waals surface area contributed by atoms with Gasteiger partial charge in [-0.05, 0) is 36.5 Å². The van der Waals surface area contributed by atoms with E-state index >= 15 is 0 Å². The van der Waals surface area contributed by atoms with Gasteiger partial charge in [-0.25, -0.2) is 0 Å². The van der Waals surface area contributed by atoms with Crippen molar-refractivity contribution in [3.8, 4) is 0 Å². The number of fused-ring (bicyclic) bond motifs is 1. The second kappa shape index (κ2) is 25.2. The quantitative estimate of drug-likeness (QED) is 0.0805. The summed E-state index contributed by atoms with van der Waals surface area (Å²) in [4.78, 5) is 87.7. The van der Waals surface area contributed by atoms with Crippen LogP contribution in [-0.4, -0.2) is 189 Å². The molecule has 6 amide bonds. The standard InChI is InChI=1S/C50H64N6O16/c1-27-44(63)55-34(26-69-39-23-36(59)43(38(25-58)70-39)72-50-42(62)41(61)40(60)37(24-57)71-50)47(66)52-32(21-29-14-7-3-8-15-29)46(65)54-33(22-30-16-9-4-10-17-30)49(68)56-19-11-18-35(56)48(67)53-31(45(64)51-27)20-28-12-5-2-6-13-28/h2-10,12-17,27,31-43,50,57-62H,11,18-26H2,1H3,(H,51,64)(H,52,66)(H,53,67)(H,54,65)(H,55,63)/t27-,31-,32-,33-,34-,35+,36+,37+,38+,39-,40-,41-,42+,43-,50-/m0/s1. The molecule has 15 atom stereocenters. The van der Waals surface area contributed by atoms with Crippen molar-refractivity contribution in [2.75, 3.05) is 26.4 Å². The number of benzene rings is 3. The SMILES string of the molecule is C[C@@H]1NC(=O)[C@H](Cc2ccccc2)NC(=O)[C@H]2CCCN2C(=O)[C@H](Cc2ccccc2)NC(=O)[C@H](Cc2ccccc2)NC(=O)[C@H](CO[C@@H]2C[C@@H](O)[C@H](O[C@@H]3O[C@H](CO)[C@H](O)[C@H](O)[C@H]3O)[C@@H](CO)O2)NC1=O. The monoisotopic (exact) mass is 1000 g/mol. The van der Waals surface area contributed by atoms with Gasteiger partial charge in [0.15, 0.2) is 12.6 Å². The molecule has 4 aliphatic rings. The molecule has 0 aliphatic carbocycles. The van der Waals surface area contributed by atoms with Crippen LogP contribution in [0.2, 0.25) is 0 Å². The van der Waals surface area contributed by atoms with Crippen LogP contribution in [0.4, 0.5) is 0 Å². The average Bonchev–Trinajstić information content (AvgIpc) is 3.88.